The molecular weight excluding hydrogens is 239 g/mol. The van der Waals surface area contributed by atoms with E-state index in [1.54, 1.807) is 0 Å². The molecule has 0 aliphatic carbocycles. The van der Waals surface area contributed by atoms with Crippen LogP contribution >= 0.6 is 22.9 Å². The fourth-order valence-electron chi connectivity index (χ4n) is 2.06. The second-order valence-corrected chi connectivity index (χ2v) is 4.74. The average Bonchev–Trinajstić information content (AvgIpc) is 2.20. The first-order valence-corrected chi connectivity index (χ1v) is 4.86. The number of hydrogen-bond acceptors (Lipinski definition) is 2. The summed E-state index contributed by atoms with van der Waals surface area (Å²) < 4.78 is 2.43. The molecule has 10 heavy (non-hydrogen) atoms. The summed E-state index contributed by atoms with van der Waals surface area (Å²) in [7, 11) is 2.27. The molecular formula is C7H13IN2. The molecule has 0 N–H and O–H groups in total. The van der Waals surface area contributed by atoms with Gasteiger partial charge < -0.3 is 0 Å². The van der Waals surface area contributed by atoms with Crippen molar-refractivity contribution in [3.63, 3.8) is 0 Å². The van der Waals surface area contributed by atoms with Crippen molar-refractivity contribution in [1.29, 1.82) is 0 Å². The van der Waals surface area contributed by atoms with Crippen LogP contribution < -0.4 is 0 Å². The topological polar surface area (TPSA) is 6.48 Å². The molecule has 0 radical (unpaired) electrons. The number of halogens is 1. The predicted molar refractivity (Wildman–Crippen MR) is 50.2 cm³/mol. The van der Waals surface area contributed by atoms with Gasteiger partial charge in [0.2, 0.25) is 0 Å². The van der Waals surface area contributed by atoms with Gasteiger partial charge in [-0.2, -0.15) is 0 Å². The molecule has 0 aromatic heterocycles. The van der Waals surface area contributed by atoms with Crippen LogP contribution in [-0.2, 0) is 0 Å². The second kappa shape index (κ2) is 2.60. The van der Waals surface area contributed by atoms with Crippen molar-refractivity contribution in [2.45, 2.75) is 24.9 Å². The Balaban J connectivity index is 2.09. The zero-order valence-electron chi connectivity index (χ0n) is 6.26. The smallest absolute Gasteiger partial charge is 0.0238 e. The molecule has 0 unspecified atom stereocenters. The third kappa shape index (κ3) is 1.08. The molecule has 2 atom stereocenters. The van der Waals surface area contributed by atoms with Gasteiger partial charge in [0.25, 0.3) is 0 Å². The Kier molecular flexibility index (Phi) is 1.90. The third-order valence-corrected chi connectivity index (χ3v) is 3.59. The van der Waals surface area contributed by atoms with Crippen LogP contribution in [0.3, 0.4) is 0 Å². The first kappa shape index (κ1) is 7.31. The molecule has 0 saturated carbocycles. The molecule has 0 aromatic carbocycles. The van der Waals surface area contributed by atoms with Crippen LogP contribution in [-0.4, -0.2) is 40.2 Å². The van der Waals surface area contributed by atoms with Crippen molar-refractivity contribution in [2.24, 2.45) is 0 Å². The highest BCUT2D eigenvalue weighted by Gasteiger charge is 2.36. The molecule has 2 fully saturated rings. The molecule has 2 aliphatic heterocycles. The van der Waals surface area contributed by atoms with Crippen LogP contribution in [0.1, 0.15) is 12.8 Å². The summed E-state index contributed by atoms with van der Waals surface area (Å²) >= 11 is 2.44. The highest BCUT2D eigenvalue weighted by molar-refractivity contribution is 14.1. The van der Waals surface area contributed by atoms with Gasteiger partial charge in [-0.3, -0.25) is 4.90 Å². The maximum atomic E-state index is 2.55. The Bertz CT molecular complexity index is 126. The van der Waals surface area contributed by atoms with E-state index < -0.39 is 0 Å². The highest BCUT2D eigenvalue weighted by Crippen LogP contribution is 2.29. The molecule has 58 valence electrons. The van der Waals surface area contributed by atoms with Crippen molar-refractivity contribution < 1.29 is 0 Å². The molecule has 2 rings (SSSR count). The van der Waals surface area contributed by atoms with Gasteiger partial charge in [-0.25, -0.2) is 3.11 Å². The van der Waals surface area contributed by atoms with Crippen molar-refractivity contribution in [3.8, 4) is 0 Å². The normalized spacial score (nSPS) is 42.6. The minimum Gasteiger partial charge on any atom is -0.298 e. The Morgan fingerprint density at radius 1 is 1.20 bits per heavy atom. The van der Waals surface area contributed by atoms with E-state index in [0.717, 1.165) is 12.1 Å². The molecule has 2 saturated heterocycles. The Hall–Kier alpha value is 0.650. The van der Waals surface area contributed by atoms with E-state index in [0.29, 0.717) is 0 Å². The number of likely N-dealkylation sites (N-methyl/N-ethyl adjacent to an activating group) is 1. The number of hydrogen-bond donors (Lipinski definition) is 0. The molecule has 0 amide bonds. The number of rotatable bonds is 0. The van der Waals surface area contributed by atoms with Gasteiger partial charge in [0.1, 0.15) is 0 Å². The summed E-state index contributed by atoms with van der Waals surface area (Å²) in [4.78, 5) is 2.55. The standard InChI is InChI=1S/C7H13IN2/c1-9-6-2-3-7(9)5-10(8)4-6/h6-7H,2-5H2,1H3/t6-,7+. The van der Waals surface area contributed by atoms with Crippen LogP contribution in [0.15, 0.2) is 0 Å². The Morgan fingerprint density at radius 3 is 2.20 bits per heavy atom. The summed E-state index contributed by atoms with van der Waals surface area (Å²) in [6, 6.07) is 1.71. The maximum absolute atomic E-state index is 2.55. The quantitative estimate of drug-likeness (QED) is 0.471. The largest absolute Gasteiger partial charge is 0.298 e. The van der Waals surface area contributed by atoms with E-state index in [-0.39, 0.29) is 0 Å². The van der Waals surface area contributed by atoms with E-state index >= 15 is 0 Å². The lowest BCUT2D eigenvalue weighted by atomic mass is 10.2. The van der Waals surface area contributed by atoms with Crippen LogP contribution in [0, 0.1) is 0 Å². The fourth-order valence-corrected chi connectivity index (χ4v) is 2.97. The van der Waals surface area contributed by atoms with Gasteiger partial charge in [0.05, 0.1) is 0 Å². The highest BCUT2D eigenvalue weighted by atomic mass is 127. The van der Waals surface area contributed by atoms with Gasteiger partial charge in [-0.05, 0) is 19.9 Å². The maximum Gasteiger partial charge on any atom is 0.0238 e. The number of fused-ring (bicyclic) bond motifs is 2. The first-order chi connectivity index (χ1) is 4.77. The van der Waals surface area contributed by atoms with Gasteiger partial charge >= 0.3 is 0 Å². The molecule has 3 heteroatoms. The van der Waals surface area contributed by atoms with Crippen LogP contribution in [0.25, 0.3) is 0 Å². The predicted octanol–water partition coefficient (Wildman–Crippen LogP) is 1.11. The lowest BCUT2D eigenvalue weighted by Gasteiger charge is -2.35. The lowest BCUT2D eigenvalue weighted by molar-refractivity contribution is 0.156. The first-order valence-electron chi connectivity index (χ1n) is 3.90. The zero-order chi connectivity index (χ0) is 7.14. The summed E-state index contributed by atoms with van der Waals surface area (Å²) in [5, 5.41) is 0. The van der Waals surface area contributed by atoms with E-state index in [1.807, 2.05) is 0 Å². The van der Waals surface area contributed by atoms with Crippen LogP contribution in [0.2, 0.25) is 0 Å². The summed E-state index contributed by atoms with van der Waals surface area (Å²) in [6.07, 6.45) is 2.83. The Morgan fingerprint density at radius 2 is 1.70 bits per heavy atom. The fraction of sp³-hybridized carbons (Fsp3) is 1.00. The van der Waals surface area contributed by atoms with E-state index in [2.05, 4.69) is 37.9 Å². The molecule has 2 heterocycles. The van der Waals surface area contributed by atoms with Gasteiger partial charge in [0.15, 0.2) is 0 Å². The van der Waals surface area contributed by atoms with Crippen LogP contribution in [0.4, 0.5) is 0 Å². The minimum atomic E-state index is 0.857. The molecule has 2 bridgehead atoms. The van der Waals surface area contributed by atoms with Gasteiger partial charge in [0, 0.05) is 48.0 Å². The van der Waals surface area contributed by atoms with Crippen LogP contribution in [0.5, 0.6) is 0 Å². The summed E-state index contributed by atoms with van der Waals surface area (Å²) in [6.45, 7) is 2.54. The SMILES string of the molecule is CN1[C@@H]2CC[C@H]1CN(I)C2. The van der Waals surface area contributed by atoms with Crippen molar-refractivity contribution in [3.05, 3.63) is 0 Å². The monoisotopic (exact) mass is 252 g/mol. The Labute approximate surface area is 76.1 Å². The van der Waals surface area contributed by atoms with Crippen molar-refractivity contribution >= 4 is 22.9 Å². The average molecular weight is 252 g/mol. The molecule has 0 aromatic rings. The van der Waals surface area contributed by atoms with E-state index in [4.69, 9.17) is 0 Å². The van der Waals surface area contributed by atoms with E-state index in [1.165, 1.54) is 25.9 Å². The lowest BCUT2D eigenvalue weighted by Crippen LogP contribution is -2.48. The second-order valence-electron chi connectivity index (χ2n) is 3.38. The zero-order valence-corrected chi connectivity index (χ0v) is 8.41. The summed E-state index contributed by atoms with van der Waals surface area (Å²) in [5.41, 5.74) is 0. The van der Waals surface area contributed by atoms with Crippen molar-refractivity contribution in [2.75, 3.05) is 20.1 Å². The number of piperazine rings is 1. The third-order valence-electron chi connectivity index (χ3n) is 2.80. The van der Waals surface area contributed by atoms with Gasteiger partial charge in [-0.1, -0.05) is 0 Å². The van der Waals surface area contributed by atoms with E-state index in [9.17, 15) is 0 Å². The summed E-state index contributed by atoms with van der Waals surface area (Å²) in [5.74, 6) is 0. The number of nitrogens with zero attached hydrogens (tertiary/aromatic N) is 2. The van der Waals surface area contributed by atoms with Crippen molar-refractivity contribution in [1.82, 2.24) is 8.01 Å². The molecule has 2 nitrogen and oxygen atoms in total. The molecule has 2 aliphatic rings. The minimum absolute atomic E-state index is 0.857. The van der Waals surface area contributed by atoms with Gasteiger partial charge in [-0.15, -0.1) is 0 Å². The molecule has 0 spiro atoms.